The molecule has 4 nitrogen and oxygen atoms in total. The number of carbonyl (C=O) groups excluding carboxylic acids is 1. The topological polar surface area (TPSA) is 64.3 Å². The minimum absolute atomic E-state index is 0.0234. The monoisotopic (exact) mass is 254 g/mol. The lowest BCUT2D eigenvalue weighted by Crippen LogP contribution is -2.51. The molecular weight excluding hydrogens is 228 g/mol. The Morgan fingerprint density at radius 1 is 1.44 bits per heavy atom. The quantitative estimate of drug-likeness (QED) is 0.702. The molecule has 2 saturated carbocycles. The number of amides is 1. The molecule has 2 aliphatic carbocycles. The second kappa shape index (κ2) is 4.82. The number of hydrogen-bond donors (Lipinski definition) is 2. The first-order chi connectivity index (χ1) is 8.36. The molecule has 2 fully saturated rings. The standard InChI is InChI=1S/C14H26N2O2/c1-13(2)10-4-5-14(3,8-10)12(13)16-6-7-18-9-11(15)17/h10,12,16H,4-9H2,1-3H3,(H2,15,17)/t10-,12?,14+/m0/s1. The molecule has 0 aliphatic heterocycles. The zero-order valence-electron chi connectivity index (χ0n) is 11.8. The maximum Gasteiger partial charge on any atom is 0.243 e. The highest BCUT2D eigenvalue weighted by atomic mass is 16.5. The van der Waals surface area contributed by atoms with Gasteiger partial charge in [0.2, 0.25) is 5.91 Å². The van der Waals surface area contributed by atoms with Crippen molar-refractivity contribution in [1.29, 1.82) is 0 Å². The van der Waals surface area contributed by atoms with Crippen LogP contribution < -0.4 is 11.1 Å². The molecule has 1 unspecified atom stereocenters. The first-order valence-electron chi connectivity index (χ1n) is 6.96. The molecule has 0 aromatic rings. The third kappa shape index (κ3) is 2.41. The SMILES string of the molecule is CC1(C)C(NCCOCC(N)=O)[C@]2(C)CC[C@H]1C2. The summed E-state index contributed by atoms with van der Waals surface area (Å²) in [7, 11) is 0. The fourth-order valence-electron chi connectivity index (χ4n) is 4.26. The van der Waals surface area contributed by atoms with Crippen LogP contribution in [0.5, 0.6) is 0 Å². The molecular formula is C14H26N2O2. The van der Waals surface area contributed by atoms with E-state index in [2.05, 4.69) is 26.1 Å². The fourth-order valence-corrected chi connectivity index (χ4v) is 4.26. The van der Waals surface area contributed by atoms with Gasteiger partial charge in [0, 0.05) is 12.6 Å². The van der Waals surface area contributed by atoms with E-state index >= 15 is 0 Å². The Hall–Kier alpha value is -0.610. The zero-order valence-corrected chi connectivity index (χ0v) is 11.8. The normalized spacial score (nSPS) is 37.1. The molecule has 4 heteroatoms. The van der Waals surface area contributed by atoms with Gasteiger partial charge in [-0.15, -0.1) is 0 Å². The second-order valence-corrected chi connectivity index (χ2v) is 6.82. The molecule has 104 valence electrons. The summed E-state index contributed by atoms with van der Waals surface area (Å²) < 4.78 is 5.20. The lowest BCUT2D eigenvalue weighted by atomic mass is 9.68. The van der Waals surface area contributed by atoms with Crippen molar-refractivity contribution in [3.8, 4) is 0 Å². The molecule has 2 bridgehead atoms. The van der Waals surface area contributed by atoms with E-state index in [9.17, 15) is 4.79 Å². The number of carbonyl (C=O) groups is 1. The largest absolute Gasteiger partial charge is 0.370 e. The highest BCUT2D eigenvalue weighted by Crippen LogP contribution is 2.62. The Labute approximate surface area is 110 Å². The van der Waals surface area contributed by atoms with Crippen molar-refractivity contribution in [2.24, 2.45) is 22.5 Å². The van der Waals surface area contributed by atoms with E-state index in [0.717, 1.165) is 12.5 Å². The van der Waals surface area contributed by atoms with Crippen molar-refractivity contribution >= 4 is 5.91 Å². The molecule has 2 rings (SSSR count). The lowest BCUT2D eigenvalue weighted by Gasteiger charge is -2.43. The second-order valence-electron chi connectivity index (χ2n) is 6.82. The van der Waals surface area contributed by atoms with Crippen LogP contribution in [0.1, 0.15) is 40.0 Å². The number of fused-ring (bicyclic) bond motifs is 2. The summed E-state index contributed by atoms with van der Waals surface area (Å²) in [5, 5.41) is 3.64. The van der Waals surface area contributed by atoms with Crippen molar-refractivity contribution in [1.82, 2.24) is 5.32 Å². The first kappa shape index (κ1) is 13.8. The van der Waals surface area contributed by atoms with Gasteiger partial charge in [-0.05, 0) is 36.0 Å². The molecule has 2 aliphatic rings. The number of nitrogens with two attached hydrogens (primary N) is 1. The Bertz CT molecular complexity index is 325. The summed E-state index contributed by atoms with van der Waals surface area (Å²) in [5.41, 5.74) is 5.84. The van der Waals surface area contributed by atoms with Gasteiger partial charge in [0.05, 0.1) is 6.61 Å². The summed E-state index contributed by atoms with van der Waals surface area (Å²) in [5.74, 6) is 0.453. The first-order valence-corrected chi connectivity index (χ1v) is 6.96. The van der Waals surface area contributed by atoms with Gasteiger partial charge in [0.15, 0.2) is 0 Å². The van der Waals surface area contributed by atoms with E-state index in [0.29, 0.717) is 23.5 Å². The smallest absolute Gasteiger partial charge is 0.243 e. The highest BCUT2D eigenvalue weighted by molar-refractivity contribution is 5.74. The van der Waals surface area contributed by atoms with Crippen molar-refractivity contribution in [2.75, 3.05) is 19.8 Å². The van der Waals surface area contributed by atoms with E-state index in [4.69, 9.17) is 10.5 Å². The van der Waals surface area contributed by atoms with Gasteiger partial charge in [0.1, 0.15) is 6.61 Å². The molecule has 18 heavy (non-hydrogen) atoms. The molecule has 3 N–H and O–H groups in total. The van der Waals surface area contributed by atoms with E-state index in [1.807, 2.05) is 0 Å². The summed E-state index contributed by atoms with van der Waals surface area (Å²) >= 11 is 0. The zero-order chi connectivity index (χ0) is 13.4. The predicted molar refractivity (Wildman–Crippen MR) is 71.0 cm³/mol. The Morgan fingerprint density at radius 3 is 2.72 bits per heavy atom. The van der Waals surface area contributed by atoms with Gasteiger partial charge in [-0.25, -0.2) is 0 Å². The summed E-state index contributed by atoms with van der Waals surface area (Å²) in [6.45, 7) is 8.54. The molecule has 1 amide bonds. The third-order valence-electron chi connectivity index (χ3n) is 5.11. The summed E-state index contributed by atoms with van der Waals surface area (Å²) in [6, 6.07) is 0.556. The Kier molecular flexibility index (Phi) is 3.70. The Balaban J connectivity index is 1.80. The Morgan fingerprint density at radius 2 is 2.17 bits per heavy atom. The average molecular weight is 254 g/mol. The van der Waals surface area contributed by atoms with Crippen LogP contribution in [-0.2, 0) is 9.53 Å². The van der Waals surface area contributed by atoms with Gasteiger partial charge in [-0.2, -0.15) is 0 Å². The number of primary amides is 1. The maximum absolute atomic E-state index is 10.6. The molecule has 0 heterocycles. The van der Waals surface area contributed by atoms with Crippen LogP contribution in [-0.4, -0.2) is 31.7 Å². The van der Waals surface area contributed by atoms with Crippen LogP contribution in [0.15, 0.2) is 0 Å². The van der Waals surface area contributed by atoms with Crippen LogP contribution in [0, 0.1) is 16.7 Å². The molecule has 0 saturated heterocycles. The molecule has 0 aromatic heterocycles. The molecule has 0 spiro atoms. The fraction of sp³-hybridized carbons (Fsp3) is 0.929. The average Bonchev–Trinajstić information content (AvgIpc) is 2.72. The van der Waals surface area contributed by atoms with Gasteiger partial charge in [-0.3, -0.25) is 4.79 Å². The van der Waals surface area contributed by atoms with Crippen LogP contribution >= 0.6 is 0 Å². The molecule has 0 radical (unpaired) electrons. The molecule has 0 aromatic carbocycles. The van der Waals surface area contributed by atoms with Gasteiger partial charge in [0.25, 0.3) is 0 Å². The predicted octanol–water partition coefficient (Wildman–Crippen LogP) is 1.29. The van der Waals surface area contributed by atoms with Crippen LogP contribution in [0.2, 0.25) is 0 Å². The summed E-state index contributed by atoms with van der Waals surface area (Å²) in [6.07, 6.45) is 4.06. The van der Waals surface area contributed by atoms with Gasteiger partial charge < -0.3 is 15.8 Å². The molecule has 3 atom stereocenters. The number of hydrogen-bond acceptors (Lipinski definition) is 3. The van der Waals surface area contributed by atoms with Crippen molar-refractivity contribution in [3.63, 3.8) is 0 Å². The van der Waals surface area contributed by atoms with Crippen LogP contribution in [0.4, 0.5) is 0 Å². The lowest BCUT2D eigenvalue weighted by molar-refractivity contribution is -0.122. The van der Waals surface area contributed by atoms with E-state index < -0.39 is 5.91 Å². The van der Waals surface area contributed by atoms with Crippen molar-refractivity contribution in [2.45, 2.75) is 46.1 Å². The van der Waals surface area contributed by atoms with Crippen LogP contribution in [0.25, 0.3) is 0 Å². The van der Waals surface area contributed by atoms with E-state index in [1.54, 1.807) is 0 Å². The van der Waals surface area contributed by atoms with E-state index in [-0.39, 0.29) is 6.61 Å². The summed E-state index contributed by atoms with van der Waals surface area (Å²) in [4.78, 5) is 10.6. The minimum atomic E-state index is -0.401. The van der Waals surface area contributed by atoms with Gasteiger partial charge in [-0.1, -0.05) is 20.8 Å². The number of ether oxygens (including phenoxy) is 1. The van der Waals surface area contributed by atoms with Crippen LogP contribution in [0.3, 0.4) is 0 Å². The minimum Gasteiger partial charge on any atom is -0.370 e. The van der Waals surface area contributed by atoms with E-state index in [1.165, 1.54) is 19.3 Å². The number of nitrogens with one attached hydrogen (secondary N) is 1. The van der Waals surface area contributed by atoms with Gasteiger partial charge >= 0.3 is 0 Å². The van der Waals surface area contributed by atoms with Crippen molar-refractivity contribution in [3.05, 3.63) is 0 Å². The number of rotatable bonds is 6. The maximum atomic E-state index is 10.6. The third-order valence-corrected chi connectivity index (χ3v) is 5.11. The highest BCUT2D eigenvalue weighted by Gasteiger charge is 2.58. The van der Waals surface area contributed by atoms with Crippen molar-refractivity contribution < 1.29 is 9.53 Å².